The highest BCUT2D eigenvalue weighted by molar-refractivity contribution is 7.41. The molecular formula is C6H9P. The van der Waals surface area contributed by atoms with Crippen molar-refractivity contribution in [1.29, 1.82) is 0 Å². The summed E-state index contributed by atoms with van der Waals surface area (Å²) in [5, 5.41) is 0. The Morgan fingerprint density at radius 3 is 1.86 bits per heavy atom. The molecule has 2 heterocycles. The molecule has 1 saturated heterocycles. The first-order valence-corrected chi connectivity index (χ1v) is 4.05. The monoisotopic (exact) mass is 112 g/mol. The van der Waals surface area contributed by atoms with Crippen LogP contribution in [0.15, 0.2) is 12.2 Å². The second-order valence-corrected chi connectivity index (χ2v) is 4.16. The lowest BCUT2D eigenvalue weighted by Gasteiger charge is -1.95. The number of allylic oxidation sites excluding steroid dienone is 2. The zero-order chi connectivity index (χ0) is 4.69. The van der Waals surface area contributed by atoms with Crippen molar-refractivity contribution in [2.45, 2.75) is 24.2 Å². The lowest BCUT2D eigenvalue weighted by Crippen LogP contribution is -1.90. The Kier molecular flexibility index (Phi) is 0.772. The quantitative estimate of drug-likeness (QED) is 0.331. The van der Waals surface area contributed by atoms with Crippen molar-refractivity contribution < 1.29 is 0 Å². The summed E-state index contributed by atoms with van der Waals surface area (Å²) in [5.74, 6) is 0. The summed E-state index contributed by atoms with van der Waals surface area (Å²) < 4.78 is 0. The molecule has 0 aromatic rings. The van der Waals surface area contributed by atoms with Gasteiger partial charge < -0.3 is 0 Å². The molecule has 0 nitrogen and oxygen atoms in total. The van der Waals surface area contributed by atoms with Crippen molar-refractivity contribution in [1.82, 2.24) is 0 Å². The topological polar surface area (TPSA) is 0 Å². The first-order valence-electron chi connectivity index (χ1n) is 2.89. The molecule has 2 bridgehead atoms. The fourth-order valence-corrected chi connectivity index (χ4v) is 3.03. The molecule has 1 fully saturated rings. The van der Waals surface area contributed by atoms with Crippen molar-refractivity contribution in [3.63, 3.8) is 0 Å². The molecule has 0 spiro atoms. The van der Waals surface area contributed by atoms with Crippen LogP contribution < -0.4 is 0 Å². The van der Waals surface area contributed by atoms with Crippen LogP contribution in [-0.2, 0) is 0 Å². The summed E-state index contributed by atoms with van der Waals surface area (Å²) in [5.41, 5.74) is 2.04. The summed E-state index contributed by atoms with van der Waals surface area (Å²) in [4.78, 5) is 0. The fraction of sp³-hybridized carbons (Fsp3) is 0.667. The molecule has 0 aromatic carbocycles. The van der Waals surface area contributed by atoms with Crippen molar-refractivity contribution in [3.8, 4) is 0 Å². The third-order valence-electron chi connectivity index (χ3n) is 1.79. The number of fused-ring (bicyclic) bond motifs is 2. The number of hydrogen-bond donors (Lipinski definition) is 0. The summed E-state index contributed by atoms with van der Waals surface area (Å²) >= 11 is 0. The van der Waals surface area contributed by atoms with E-state index in [4.69, 9.17) is 0 Å². The molecule has 0 N–H and O–H groups in total. The molecule has 0 aliphatic carbocycles. The third kappa shape index (κ3) is 0.534. The van der Waals surface area contributed by atoms with Crippen LogP contribution in [0.4, 0.5) is 0 Å². The average Bonchev–Trinajstić information content (AvgIpc) is 2.22. The van der Waals surface area contributed by atoms with Gasteiger partial charge >= 0.3 is 0 Å². The van der Waals surface area contributed by atoms with Crippen LogP contribution in [0.1, 0.15) is 12.8 Å². The first-order chi connectivity index (χ1) is 3.45. The van der Waals surface area contributed by atoms with E-state index in [-0.39, 0.29) is 0 Å². The van der Waals surface area contributed by atoms with Gasteiger partial charge in [-0.05, 0) is 24.2 Å². The van der Waals surface area contributed by atoms with Gasteiger partial charge in [0, 0.05) is 0 Å². The highest BCUT2D eigenvalue weighted by Gasteiger charge is 2.25. The smallest absolute Gasteiger partial charge is 0.00514 e. The van der Waals surface area contributed by atoms with E-state index in [2.05, 4.69) is 12.2 Å². The van der Waals surface area contributed by atoms with Gasteiger partial charge in [-0.25, -0.2) is 0 Å². The molecule has 0 aromatic heterocycles. The van der Waals surface area contributed by atoms with Gasteiger partial charge in [0.2, 0.25) is 0 Å². The number of hydrogen-bond acceptors (Lipinski definition) is 0. The minimum Gasteiger partial charge on any atom is -0.108 e. The molecule has 0 amide bonds. The maximum absolute atomic E-state index is 2.40. The van der Waals surface area contributed by atoms with Gasteiger partial charge in [-0.15, -0.1) is 8.58 Å². The zero-order valence-electron chi connectivity index (χ0n) is 4.22. The lowest BCUT2D eigenvalue weighted by atomic mass is 10.1. The van der Waals surface area contributed by atoms with Gasteiger partial charge in [0.25, 0.3) is 0 Å². The Bertz CT molecular complexity index is 94.7. The molecule has 2 aliphatic heterocycles. The predicted octanol–water partition coefficient (Wildman–Crippen LogP) is 1.77. The van der Waals surface area contributed by atoms with Gasteiger partial charge in [-0.1, -0.05) is 12.2 Å². The van der Waals surface area contributed by atoms with Crippen LogP contribution in [0, 0.1) is 0 Å². The Hall–Kier alpha value is 0.170. The molecule has 1 heteroatoms. The molecule has 2 aliphatic rings. The van der Waals surface area contributed by atoms with E-state index in [0.717, 1.165) is 11.3 Å². The zero-order valence-corrected chi connectivity index (χ0v) is 5.22. The van der Waals surface area contributed by atoms with Crippen LogP contribution in [0.5, 0.6) is 0 Å². The molecule has 2 atom stereocenters. The van der Waals surface area contributed by atoms with E-state index < -0.39 is 0 Å². The normalized spacial score (nSPS) is 49.1. The van der Waals surface area contributed by atoms with Crippen LogP contribution in [0.3, 0.4) is 0 Å². The van der Waals surface area contributed by atoms with Gasteiger partial charge in [0.05, 0.1) is 0 Å². The fourth-order valence-electron chi connectivity index (χ4n) is 1.37. The Balaban J connectivity index is 2.27. The van der Waals surface area contributed by atoms with E-state index >= 15 is 0 Å². The summed E-state index contributed by atoms with van der Waals surface area (Å²) in [6, 6.07) is 0. The molecule has 38 valence electrons. The van der Waals surface area contributed by atoms with Crippen LogP contribution in [0.25, 0.3) is 0 Å². The van der Waals surface area contributed by atoms with E-state index in [0.29, 0.717) is 0 Å². The Morgan fingerprint density at radius 1 is 1.14 bits per heavy atom. The van der Waals surface area contributed by atoms with Crippen molar-refractivity contribution in [2.75, 3.05) is 0 Å². The van der Waals surface area contributed by atoms with Crippen LogP contribution in [-0.4, -0.2) is 11.3 Å². The SMILES string of the molecule is C1=CC2CCC1P2. The summed E-state index contributed by atoms with van der Waals surface area (Å²) in [6.45, 7) is 0. The third-order valence-corrected chi connectivity index (χ3v) is 3.61. The predicted molar refractivity (Wildman–Crippen MR) is 34.3 cm³/mol. The minimum absolute atomic E-state index is 1.02. The van der Waals surface area contributed by atoms with Gasteiger partial charge in [-0.3, -0.25) is 0 Å². The molecule has 2 unspecified atom stereocenters. The van der Waals surface area contributed by atoms with E-state index in [1.165, 1.54) is 21.4 Å². The Labute approximate surface area is 45.8 Å². The summed E-state index contributed by atoms with van der Waals surface area (Å²) in [7, 11) is 1.26. The maximum atomic E-state index is 2.40. The lowest BCUT2D eigenvalue weighted by molar-refractivity contribution is 0.804. The molecule has 7 heavy (non-hydrogen) atoms. The second kappa shape index (κ2) is 1.32. The highest BCUT2D eigenvalue weighted by atomic mass is 31.1. The minimum atomic E-state index is 1.02. The van der Waals surface area contributed by atoms with Gasteiger partial charge in [0.1, 0.15) is 0 Å². The number of rotatable bonds is 0. The molecule has 0 saturated carbocycles. The summed E-state index contributed by atoms with van der Waals surface area (Å²) in [6.07, 6.45) is 7.76. The maximum Gasteiger partial charge on any atom is -0.00514 e. The standard InChI is InChI=1S/C6H9P/c1-2-6-4-3-5(1)7-6/h1-2,5-7H,3-4H2. The Morgan fingerprint density at radius 2 is 1.71 bits per heavy atom. The highest BCUT2D eigenvalue weighted by Crippen LogP contribution is 2.45. The van der Waals surface area contributed by atoms with Crippen molar-refractivity contribution in [2.24, 2.45) is 0 Å². The van der Waals surface area contributed by atoms with Crippen molar-refractivity contribution in [3.05, 3.63) is 12.2 Å². The van der Waals surface area contributed by atoms with E-state index in [9.17, 15) is 0 Å². The largest absolute Gasteiger partial charge is 0.108 e. The van der Waals surface area contributed by atoms with Crippen LogP contribution in [0.2, 0.25) is 0 Å². The van der Waals surface area contributed by atoms with Gasteiger partial charge in [-0.2, -0.15) is 0 Å². The van der Waals surface area contributed by atoms with Crippen molar-refractivity contribution >= 4 is 8.58 Å². The molecule has 0 radical (unpaired) electrons. The first kappa shape index (κ1) is 4.09. The average molecular weight is 112 g/mol. The van der Waals surface area contributed by atoms with E-state index in [1.807, 2.05) is 0 Å². The molecule has 2 rings (SSSR count). The molecular weight excluding hydrogens is 103 g/mol. The van der Waals surface area contributed by atoms with E-state index in [1.54, 1.807) is 0 Å². The second-order valence-electron chi connectivity index (χ2n) is 2.34. The van der Waals surface area contributed by atoms with Gasteiger partial charge in [0.15, 0.2) is 0 Å². The van der Waals surface area contributed by atoms with Crippen LogP contribution >= 0.6 is 8.58 Å².